The zero-order valence-electron chi connectivity index (χ0n) is 7.91. The minimum Gasteiger partial charge on any atom is -0.217 e. The summed E-state index contributed by atoms with van der Waals surface area (Å²) in [6.45, 7) is 1.90. The maximum Gasteiger partial charge on any atom is 0.226 e. The van der Waals surface area contributed by atoms with E-state index < -0.39 is 9.84 Å². The van der Waals surface area contributed by atoms with Crippen molar-refractivity contribution >= 4 is 21.4 Å². The van der Waals surface area contributed by atoms with E-state index in [-0.39, 0.29) is 9.92 Å². The van der Waals surface area contributed by atoms with E-state index in [0.29, 0.717) is 0 Å². The standard InChI is InChI=1S/C9H8N2O2S2/c1-7-2-4-8(5-3-7)15(12,13)9-6-14-11-10-9/h2-6H,1H3. The Bertz CT molecular complexity index is 544. The van der Waals surface area contributed by atoms with Crippen molar-refractivity contribution in [2.45, 2.75) is 16.8 Å². The largest absolute Gasteiger partial charge is 0.226 e. The fraction of sp³-hybridized carbons (Fsp3) is 0.111. The molecule has 2 rings (SSSR count). The van der Waals surface area contributed by atoms with E-state index in [0.717, 1.165) is 17.1 Å². The molecule has 6 heteroatoms. The molecule has 0 aliphatic rings. The lowest BCUT2D eigenvalue weighted by molar-refractivity contribution is 0.592. The van der Waals surface area contributed by atoms with Gasteiger partial charge in [0.25, 0.3) is 0 Å². The van der Waals surface area contributed by atoms with Gasteiger partial charge in [0.2, 0.25) is 9.84 Å². The monoisotopic (exact) mass is 240 g/mol. The SMILES string of the molecule is Cc1ccc(S(=O)(=O)c2csnn2)cc1. The first-order valence-electron chi connectivity index (χ1n) is 4.19. The Morgan fingerprint density at radius 2 is 1.87 bits per heavy atom. The Morgan fingerprint density at radius 3 is 2.40 bits per heavy atom. The smallest absolute Gasteiger partial charge is 0.217 e. The van der Waals surface area contributed by atoms with E-state index in [1.54, 1.807) is 24.3 Å². The van der Waals surface area contributed by atoms with E-state index in [1.165, 1.54) is 5.38 Å². The lowest BCUT2D eigenvalue weighted by Gasteiger charge is -2.00. The summed E-state index contributed by atoms with van der Waals surface area (Å²) in [5.41, 5.74) is 1.02. The van der Waals surface area contributed by atoms with Crippen molar-refractivity contribution in [1.82, 2.24) is 9.59 Å². The first-order chi connectivity index (χ1) is 7.10. The molecule has 0 unspecified atom stereocenters. The van der Waals surface area contributed by atoms with Crippen LogP contribution < -0.4 is 0 Å². The Hall–Kier alpha value is -1.27. The van der Waals surface area contributed by atoms with Crippen molar-refractivity contribution in [3.63, 3.8) is 0 Å². The van der Waals surface area contributed by atoms with Gasteiger partial charge in [-0.05, 0) is 30.6 Å². The van der Waals surface area contributed by atoms with Crippen LogP contribution in [0.15, 0.2) is 39.6 Å². The van der Waals surface area contributed by atoms with Crippen LogP contribution in [-0.4, -0.2) is 18.0 Å². The van der Waals surface area contributed by atoms with Crippen LogP contribution in [0.1, 0.15) is 5.56 Å². The van der Waals surface area contributed by atoms with Gasteiger partial charge in [-0.1, -0.05) is 22.2 Å². The van der Waals surface area contributed by atoms with Gasteiger partial charge in [-0.2, -0.15) is 0 Å². The number of nitrogens with zero attached hydrogens (tertiary/aromatic N) is 2. The van der Waals surface area contributed by atoms with Gasteiger partial charge < -0.3 is 0 Å². The maximum absolute atomic E-state index is 11.9. The highest BCUT2D eigenvalue weighted by molar-refractivity contribution is 7.91. The summed E-state index contributed by atoms with van der Waals surface area (Å²) in [7, 11) is -3.48. The number of rotatable bonds is 2. The van der Waals surface area contributed by atoms with Gasteiger partial charge >= 0.3 is 0 Å². The number of sulfone groups is 1. The molecule has 0 amide bonds. The molecular formula is C9H8N2O2S2. The van der Waals surface area contributed by atoms with Crippen LogP contribution in [0.5, 0.6) is 0 Å². The van der Waals surface area contributed by atoms with Crippen molar-refractivity contribution in [2.24, 2.45) is 0 Å². The highest BCUT2D eigenvalue weighted by Crippen LogP contribution is 2.19. The number of hydrogen-bond donors (Lipinski definition) is 0. The predicted molar refractivity (Wildman–Crippen MR) is 56.5 cm³/mol. The van der Waals surface area contributed by atoms with E-state index >= 15 is 0 Å². The van der Waals surface area contributed by atoms with Crippen molar-refractivity contribution in [3.05, 3.63) is 35.2 Å². The fourth-order valence-electron chi connectivity index (χ4n) is 1.11. The average Bonchev–Trinajstić information content (AvgIpc) is 2.71. The molecule has 1 aromatic heterocycles. The lowest BCUT2D eigenvalue weighted by atomic mass is 10.2. The van der Waals surface area contributed by atoms with Crippen LogP contribution in [-0.2, 0) is 9.84 Å². The quantitative estimate of drug-likeness (QED) is 0.801. The number of aromatic nitrogens is 2. The fourth-order valence-corrected chi connectivity index (χ4v) is 3.00. The van der Waals surface area contributed by atoms with E-state index in [1.807, 2.05) is 6.92 Å². The summed E-state index contributed by atoms with van der Waals surface area (Å²) in [5, 5.41) is 5.00. The molecule has 0 fully saturated rings. The molecule has 0 atom stereocenters. The molecular weight excluding hydrogens is 232 g/mol. The number of hydrogen-bond acceptors (Lipinski definition) is 5. The van der Waals surface area contributed by atoms with Gasteiger partial charge in [-0.25, -0.2) is 8.42 Å². The summed E-state index contributed by atoms with van der Waals surface area (Å²) in [5.74, 6) is 0. The molecule has 0 bridgehead atoms. The third-order valence-electron chi connectivity index (χ3n) is 1.95. The molecule has 0 N–H and O–H groups in total. The molecule has 15 heavy (non-hydrogen) atoms. The summed E-state index contributed by atoms with van der Waals surface area (Å²) in [6, 6.07) is 6.66. The van der Waals surface area contributed by atoms with Gasteiger partial charge in [0.1, 0.15) is 0 Å². The lowest BCUT2D eigenvalue weighted by Crippen LogP contribution is -2.02. The molecule has 1 aromatic carbocycles. The highest BCUT2D eigenvalue weighted by atomic mass is 32.2. The summed E-state index contributed by atoms with van der Waals surface area (Å²) < 4.78 is 27.4. The van der Waals surface area contributed by atoms with Crippen LogP contribution in [0.3, 0.4) is 0 Å². The first-order valence-corrected chi connectivity index (χ1v) is 6.51. The zero-order valence-corrected chi connectivity index (χ0v) is 9.55. The minimum atomic E-state index is -3.48. The van der Waals surface area contributed by atoms with Crippen molar-refractivity contribution < 1.29 is 8.42 Å². The van der Waals surface area contributed by atoms with Crippen molar-refractivity contribution in [1.29, 1.82) is 0 Å². The first kappa shape index (κ1) is 10.3. The van der Waals surface area contributed by atoms with Crippen LogP contribution in [0, 0.1) is 6.92 Å². The average molecular weight is 240 g/mol. The normalized spacial score (nSPS) is 11.5. The van der Waals surface area contributed by atoms with E-state index in [9.17, 15) is 8.42 Å². The summed E-state index contributed by atoms with van der Waals surface area (Å²) >= 11 is 1.02. The third-order valence-corrected chi connectivity index (χ3v) is 4.24. The van der Waals surface area contributed by atoms with Gasteiger partial charge in [-0.15, -0.1) is 5.10 Å². The summed E-state index contributed by atoms with van der Waals surface area (Å²) in [6.07, 6.45) is 0. The Kier molecular flexibility index (Phi) is 2.54. The number of aryl methyl sites for hydroxylation is 1. The molecule has 0 saturated heterocycles. The highest BCUT2D eigenvalue weighted by Gasteiger charge is 2.19. The van der Waals surface area contributed by atoms with Gasteiger partial charge in [-0.3, -0.25) is 0 Å². The van der Waals surface area contributed by atoms with Crippen molar-refractivity contribution in [2.75, 3.05) is 0 Å². The van der Waals surface area contributed by atoms with Crippen molar-refractivity contribution in [3.8, 4) is 0 Å². The topological polar surface area (TPSA) is 59.9 Å². The molecule has 4 nitrogen and oxygen atoms in total. The second kappa shape index (κ2) is 3.71. The molecule has 0 aliphatic carbocycles. The van der Waals surface area contributed by atoms with Gasteiger partial charge in [0.15, 0.2) is 5.03 Å². The molecule has 0 radical (unpaired) electrons. The molecule has 0 aliphatic heterocycles. The van der Waals surface area contributed by atoms with E-state index in [2.05, 4.69) is 9.59 Å². The minimum absolute atomic E-state index is 0.0105. The molecule has 2 aromatic rings. The summed E-state index contributed by atoms with van der Waals surface area (Å²) in [4.78, 5) is 0.251. The van der Waals surface area contributed by atoms with E-state index in [4.69, 9.17) is 0 Å². The van der Waals surface area contributed by atoms with Gasteiger partial charge in [0, 0.05) is 0 Å². The number of benzene rings is 1. The van der Waals surface area contributed by atoms with Crippen LogP contribution in [0.25, 0.3) is 0 Å². The molecule has 78 valence electrons. The zero-order chi connectivity index (χ0) is 10.9. The van der Waals surface area contributed by atoms with Gasteiger partial charge in [0.05, 0.1) is 10.3 Å². The second-order valence-electron chi connectivity index (χ2n) is 3.06. The Balaban J connectivity index is 2.52. The second-order valence-corrected chi connectivity index (χ2v) is 5.57. The molecule has 1 heterocycles. The Morgan fingerprint density at radius 1 is 1.20 bits per heavy atom. The van der Waals surface area contributed by atoms with Crippen LogP contribution >= 0.6 is 11.5 Å². The van der Waals surface area contributed by atoms with Crippen LogP contribution in [0.4, 0.5) is 0 Å². The van der Waals surface area contributed by atoms with Crippen LogP contribution in [0.2, 0.25) is 0 Å². The molecule has 0 spiro atoms. The Labute approximate surface area is 91.7 Å². The predicted octanol–water partition coefficient (Wildman–Crippen LogP) is 1.68. The maximum atomic E-state index is 11.9. The third kappa shape index (κ3) is 1.91. The molecule has 0 saturated carbocycles.